The van der Waals surface area contributed by atoms with E-state index in [2.05, 4.69) is 6.58 Å². The third-order valence-electron chi connectivity index (χ3n) is 4.22. The third-order valence-corrected chi connectivity index (χ3v) is 4.22. The number of aliphatic hydroxyl groups is 1. The van der Waals surface area contributed by atoms with Gasteiger partial charge in [0.05, 0.1) is 12.7 Å². The molecule has 0 unspecified atom stereocenters. The second-order valence-electron chi connectivity index (χ2n) is 4.92. The fourth-order valence-electron chi connectivity index (χ4n) is 3.09. The Morgan fingerprint density at radius 1 is 1.67 bits per heavy atom. The van der Waals surface area contributed by atoms with Gasteiger partial charge in [0.15, 0.2) is 0 Å². The van der Waals surface area contributed by atoms with Gasteiger partial charge in [0.2, 0.25) is 0 Å². The lowest BCUT2D eigenvalue weighted by Crippen LogP contribution is -2.53. The normalized spacial score (nSPS) is 56.7. The van der Waals surface area contributed by atoms with Crippen molar-refractivity contribution in [2.75, 3.05) is 6.61 Å². The third kappa shape index (κ3) is 0.874. The zero-order chi connectivity index (χ0) is 10.8. The van der Waals surface area contributed by atoms with Gasteiger partial charge in [-0.15, -0.1) is 6.58 Å². The fourth-order valence-corrected chi connectivity index (χ4v) is 3.09. The Bertz CT molecular complexity index is 346. The van der Waals surface area contributed by atoms with Crippen molar-refractivity contribution in [1.82, 2.24) is 0 Å². The summed E-state index contributed by atoms with van der Waals surface area (Å²) in [6.07, 6.45) is 1.37. The van der Waals surface area contributed by atoms with Gasteiger partial charge in [0.1, 0.15) is 17.6 Å². The zero-order valence-corrected chi connectivity index (χ0v) is 8.60. The Morgan fingerprint density at radius 3 is 2.87 bits per heavy atom. The van der Waals surface area contributed by atoms with Crippen LogP contribution in [0.5, 0.6) is 0 Å². The molecule has 3 rings (SSSR count). The first-order chi connectivity index (χ1) is 7.04. The van der Waals surface area contributed by atoms with Gasteiger partial charge in [-0.25, -0.2) is 0 Å². The lowest BCUT2D eigenvalue weighted by molar-refractivity contribution is -0.144. The zero-order valence-electron chi connectivity index (χ0n) is 8.60. The van der Waals surface area contributed by atoms with Crippen LogP contribution in [0.2, 0.25) is 0 Å². The number of fused-ring (bicyclic) bond motifs is 3. The van der Waals surface area contributed by atoms with Gasteiger partial charge < -0.3 is 14.6 Å². The summed E-state index contributed by atoms with van der Waals surface area (Å²) in [5.41, 5.74) is -1.08. The van der Waals surface area contributed by atoms with Crippen LogP contribution in [-0.2, 0) is 14.3 Å². The number of carbonyl (C=O) groups is 1. The molecule has 2 bridgehead atoms. The topological polar surface area (TPSA) is 59.1 Å². The molecule has 2 heterocycles. The molecule has 0 aromatic carbocycles. The fraction of sp³-hybridized carbons (Fsp3) is 0.727. The van der Waals surface area contributed by atoms with Crippen molar-refractivity contribution in [2.24, 2.45) is 11.3 Å². The van der Waals surface area contributed by atoms with Crippen molar-refractivity contribution in [3.05, 3.63) is 12.7 Å². The lowest BCUT2D eigenvalue weighted by Gasteiger charge is -2.40. The molecule has 15 heavy (non-hydrogen) atoms. The Balaban J connectivity index is 2.10. The van der Waals surface area contributed by atoms with Crippen molar-refractivity contribution < 1.29 is 19.4 Å². The van der Waals surface area contributed by atoms with Crippen LogP contribution in [0.1, 0.15) is 13.3 Å². The molecule has 1 N–H and O–H groups in total. The van der Waals surface area contributed by atoms with Gasteiger partial charge in [-0.05, 0) is 0 Å². The van der Waals surface area contributed by atoms with Gasteiger partial charge in [-0.3, -0.25) is 4.79 Å². The van der Waals surface area contributed by atoms with Crippen molar-refractivity contribution in [1.29, 1.82) is 0 Å². The monoisotopic (exact) mass is 210 g/mol. The lowest BCUT2D eigenvalue weighted by atomic mass is 9.62. The summed E-state index contributed by atoms with van der Waals surface area (Å²) in [7, 11) is 0. The van der Waals surface area contributed by atoms with Gasteiger partial charge in [0, 0.05) is 11.8 Å². The van der Waals surface area contributed by atoms with Crippen molar-refractivity contribution in [2.45, 2.75) is 31.2 Å². The molecule has 4 nitrogen and oxygen atoms in total. The summed E-state index contributed by atoms with van der Waals surface area (Å²) < 4.78 is 10.6. The minimum atomic E-state index is -0.687. The van der Waals surface area contributed by atoms with Crippen LogP contribution in [0.15, 0.2) is 12.7 Å². The Kier molecular flexibility index (Phi) is 1.52. The molecule has 1 saturated carbocycles. The maximum atomic E-state index is 11.8. The standard InChI is InChI=1S/C11H14O4/c1-3-10(2)7-4-6(12)11(5-14-11)8(10)9(13)15-7/h3,6-8,12H,1,4-5H2,2H3/t6-,7+,8+,10-,11-/m1/s1. The number of carbonyl (C=O) groups excluding carboxylic acids is 1. The molecule has 82 valence electrons. The van der Waals surface area contributed by atoms with E-state index in [0.29, 0.717) is 13.0 Å². The van der Waals surface area contributed by atoms with Crippen LogP contribution in [-0.4, -0.2) is 35.5 Å². The first-order valence-corrected chi connectivity index (χ1v) is 5.21. The van der Waals surface area contributed by atoms with Crippen LogP contribution in [0.25, 0.3) is 0 Å². The van der Waals surface area contributed by atoms with E-state index < -0.39 is 23.0 Å². The van der Waals surface area contributed by atoms with Crippen LogP contribution in [0.3, 0.4) is 0 Å². The van der Waals surface area contributed by atoms with E-state index in [0.717, 1.165) is 0 Å². The molecule has 4 heteroatoms. The highest BCUT2D eigenvalue weighted by atomic mass is 16.6. The highest BCUT2D eigenvalue weighted by Crippen LogP contribution is 2.59. The van der Waals surface area contributed by atoms with Gasteiger partial charge in [0.25, 0.3) is 0 Å². The van der Waals surface area contributed by atoms with E-state index in [9.17, 15) is 9.90 Å². The number of esters is 1. The maximum absolute atomic E-state index is 11.8. The van der Waals surface area contributed by atoms with E-state index in [4.69, 9.17) is 9.47 Å². The summed E-state index contributed by atoms with van der Waals surface area (Å²) in [4.78, 5) is 11.8. The number of epoxide rings is 1. The largest absolute Gasteiger partial charge is 0.461 e. The number of aliphatic hydroxyl groups excluding tert-OH is 1. The average Bonchev–Trinajstić information content (AvgIpc) is 2.93. The van der Waals surface area contributed by atoms with Crippen LogP contribution in [0, 0.1) is 11.3 Å². The molecule has 1 spiro atoms. The smallest absolute Gasteiger partial charge is 0.313 e. The van der Waals surface area contributed by atoms with Crippen LogP contribution in [0.4, 0.5) is 0 Å². The quantitative estimate of drug-likeness (QED) is 0.383. The molecule has 2 aliphatic heterocycles. The van der Waals surface area contributed by atoms with E-state index in [1.54, 1.807) is 6.08 Å². The van der Waals surface area contributed by atoms with Gasteiger partial charge >= 0.3 is 5.97 Å². The summed E-state index contributed by atoms with van der Waals surface area (Å²) in [5.74, 6) is -0.646. The molecule has 0 amide bonds. The molecule has 3 aliphatic rings. The van der Waals surface area contributed by atoms with Crippen molar-refractivity contribution >= 4 is 5.97 Å². The molecule has 1 aliphatic carbocycles. The number of hydrogen-bond donors (Lipinski definition) is 1. The van der Waals surface area contributed by atoms with Crippen LogP contribution < -0.4 is 0 Å². The number of rotatable bonds is 1. The molecular formula is C11H14O4. The van der Waals surface area contributed by atoms with Gasteiger partial charge in [-0.1, -0.05) is 13.0 Å². The second-order valence-corrected chi connectivity index (χ2v) is 4.92. The Labute approximate surface area is 87.9 Å². The summed E-state index contributed by atoms with van der Waals surface area (Å²) in [6.45, 7) is 6.18. The molecule has 0 aromatic heterocycles. The Hall–Kier alpha value is -0.870. The van der Waals surface area contributed by atoms with E-state index in [-0.39, 0.29) is 12.1 Å². The Morgan fingerprint density at radius 2 is 2.33 bits per heavy atom. The molecule has 0 aromatic rings. The molecule has 3 fully saturated rings. The molecule has 2 saturated heterocycles. The minimum absolute atomic E-state index is 0.252. The first kappa shape index (κ1) is 9.36. The van der Waals surface area contributed by atoms with E-state index in [1.165, 1.54) is 0 Å². The second kappa shape index (κ2) is 2.44. The highest BCUT2D eigenvalue weighted by molar-refractivity contribution is 5.80. The number of hydrogen-bond acceptors (Lipinski definition) is 4. The van der Waals surface area contributed by atoms with Crippen molar-refractivity contribution in [3.8, 4) is 0 Å². The SMILES string of the molecule is C=C[C@]1(C)[C@@H]2C[C@@H](O)[C@]3(CO3)[C@H]1C(=O)O2. The van der Waals surface area contributed by atoms with Crippen LogP contribution >= 0.6 is 0 Å². The predicted octanol–water partition coefficient (Wildman–Crippen LogP) is 0.254. The maximum Gasteiger partial charge on any atom is 0.313 e. The highest BCUT2D eigenvalue weighted by Gasteiger charge is 2.73. The summed E-state index contributed by atoms with van der Waals surface area (Å²) in [6, 6.07) is 0. The summed E-state index contributed by atoms with van der Waals surface area (Å²) >= 11 is 0. The number of ether oxygens (including phenoxy) is 2. The van der Waals surface area contributed by atoms with E-state index in [1.807, 2.05) is 6.92 Å². The molecule has 5 atom stereocenters. The molecule has 0 radical (unpaired) electrons. The minimum Gasteiger partial charge on any atom is -0.461 e. The van der Waals surface area contributed by atoms with Crippen molar-refractivity contribution in [3.63, 3.8) is 0 Å². The van der Waals surface area contributed by atoms with E-state index >= 15 is 0 Å². The predicted molar refractivity (Wildman–Crippen MR) is 51.0 cm³/mol. The summed E-state index contributed by atoms with van der Waals surface area (Å²) in [5, 5.41) is 9.93. The molecular weight excluding hydrogens is 196 g/mol. The van der Waals surface area contributed by atoms with Gasteiger partial charge in [-0.2, -0.15) is 0 Å². The average molecular weight is 210 g/mol. The first-order valence-electron chi connectivity index (χ1n) is 5.21.